The number of aryl methyl sites for hydroxylation is 1. The van der Waals surface area contributed by atoms with Gasteiger partial charge in [-0.1, -0.05) is 24.3 Å². The van der Waals surface area contributed by atoms with Crippen LogP contribution in [0.3, 0.4) is 0 Å². The lowest BCUT2D eigenvalue weighted by Gasteiger charge is -1.92. The molecule has 4 nitrogen and oxygen atoms in total. The van der Waals surface area contributed by atoms with Crippen LogP contribution in [0.2, 0.25) is 0 Å². The number of hydrogen-bond acceptors (Lipinski definition) is 3. The van der Waals surface area contributed by atoms with Crippen LogP contribution in [0.1, 0.15) is 5.56 Å². The number of benzene rings is 1. The van der Waals surface area contributed by atoms with Crippen molar-refractivity contribution in [2.45, 2.75) is 6.92 Å². The Bertz CT molecular complexity index is 388. The predicted molar refractivity (Wildman–Crippen MR) is 59.5 cm³/mol. The van der Waals surface area contributed by atoms with E-state index in [9.17, 15) is 8.42 Å². The molecule has 2 N–H and O–H groups in total. The summed E-state index contributed by atoms with van der Waals surface area (Å²) in [5.74, 6) is 0.000000000000000222. The molecule has 0 heterocycles. The minimum Gasteiger partial charge on any atom is -0.508 e. The van der Waals surface area contributed by atoms with E-state index in [2.05, 4.69) is 6.58 Å². The minimum atomic E-state index is -3.79. The maximum absolute atomic E-state index is 9.72. The number of aromatic hydroxyl groups is 1. The van der Waals surface area contributed by atoms with Crippen LogP contribution in [0.25, 0.3) is 0 Å². The fraction of sp³-hybridized carbons (Fsp3) is 0.200. The van der Waals surface area contributed by atoms with E-state index in [-0.39, 0.29) is 5.75 Å². The molecular weight excluding hydrogens is 216 g/mol. The molecule has 1 aromatic rings. The second kappa shape index (κ2) is 6.21. The van der Waals surface area contributed by atoms with Crippen LogP contribution < -0.4 is 0 Å². The van der Waals surface area contributed by atoms with Gasteiger partial charge in [-0.2, -0.15) is 8.42 Å². The van der Waals surface area contributed by atoms with E-state index in [1.165, 1.54) is 0 Å². The van der Waals surface area contributed by atoms with Crippen molar-refractivity contribution < 1.29 is 18.1 Å². The molecule has 15 heavy (non-hydrogen) atoms. The zero-order valence-electron chi connectivity index (χ0n) is 8.42. The molecule has 0 spiro atoms. The van der Waals surface area contributed by atoms with Crippen molar-refractivity contribution in [3.8, 4) is 5.75 Å². The van der Waals surface area contributed by atoms with E-state index >= 15 is 0 Å². The van der Waals surface area contributed by atoms with Gasteiger partial charge in [-0.15, -0.1) is 6.58 Å². The minimum absolute atomic E-state index is 0.368. The molecule has 0 saturated carbocycles. The molecule has 0 bridgehead atoms. The first-order valence-corrected chi connectivity index (χ1v) is 5.78. The maximum Gasteiger partial charge on any atom is 0.268 e. The Morgan fingerprint density at radius 2 is 1.93 bits per heavy atom. The zero-order valence-corrected chi connectivity index (χ0v) is 9.24. The van der Waals surface area contributed by atoms with E-state index < -0.39 is 10.1 Å². The molecule has 0 aromatic heterocycles. The van der Waals surface area contributed by atoms with Crippen LogP contribution in [0.15, 0.2) is 36.9 Å². The van der Waals surface area contributed by atoms with E-state index in [0.717, 1.165) is 11.6 Å². The Kier molecular flexibility index (Phi) is 5.66. The summed E-state index contributed by atoms with van der Waals surface area (Å²) in [7, 11) is -3.79. The first-order valence-electron chi connectivity index (χ1n) is 4.17. The molecule has 0 aliphatic rings. The Balaban J connectivity index is 0.000000265. The Hall–Kier alpha value is -1.33. The smallest absolute Gasteiger partial charge is 0.268 e. The van der Waals surface area contributed by atoms with Gasteiger partial charge in [0.25, 0.3) is 10.1 Å². The van der Waals surface area contributed by atoms with Crippen molar-refractivity contribution in [2.24, 2.45) is 0 Å². The molecule has 0 unspecified atom stereocenters. The molecule has 0 aliphatic heterocycles. The van der Waals surface area contributed by atoms with Crippen molar-refractivity contribution in [1.29, 1.82) is 0 Å². The normalized spacial score (nSPS) is 10.0. The first-order chi connectivity index (χ1) is 6.87. The van der Waals surface area contributed by atoms with E-state index in [1.54, 1.807) is 6.07 Å². The average molecular weight is 230 g/mol. The first kappa shape index (κ1) is 13.7. The largest absolute Gasteiger partial charge is 0.508 e. The molecule has 84 valence electrons. The van der Waals surface area contributed by atoms with Gasteiger partial charge in [0.1, 0.15) is 5.75 Å². The molecule has 1 rings (SSSR count). The molecule has 0 atom stereocenters. The highest BCUT2D eigenvalue weighted by atomic mass is 32.2. The SMILES string of the molecule is C=CCS(=O)(=O)O.Cc1ccccc1O. The summed E-state index contributed by atoms with van der Waals surface area (Å²) in [5, 5.41) is 8.92. The van der Waals surface area contributed by atoms with Gasteiger partial charge in [0.15, 0.2) is 0 Å². The van der Waals surface area contributed by atoms with E-state index in [0.29, 0.717) is 5.75 Å². The number of rotatable bonds is 2. The number of para-hydroxylation sites is 1. The topological polar surface area (TPSA) is 74.6 Å². The van der Waals surface area contributed by atoms with Crippen molar-refractivity contribution >= 4 is 10.1 Å². The monoisotopic (exact) mass is 230 g/mol. The quantitative estimate of drug-likeness (QED) is 0.599. The van der Waals surface area contributed by atoms with Gasteiger partial charge in [-0.3, -0.25) is 4.55 Å². The lowest BCUT2D eigenvalue weighted by molar-refractivity contribution is 0.471. The third-order valence-corrected chi connectivity index (χ3v) is 2.10. The predicted octanol–water partition coefficient (Wildman–Crippen LogP) is 1.76. The number of phenols is 1. The maximum atomic E-state index is 9.72. The molecule has 0 saturated heterocycles. The summed E-state index contributed by atoms with van der Waals surface area (Å²) in [4.78, 5) is 0. The highest BCUT2D eigenvalue weighted by molar-refractivity contribution is 7.85. The third-order valence-electron chi connectivity index (χ3n) is 1.44. The van der Waals surface area contributed by atoms with Crippen LogP contribution >= 0.6 is 0 Å². The van der Waals surface area contributed by atoms with Gasteiger partial charge in [-0.25, -0.2) is 0 Å². The summed E-state index contributed by atoms with van der Waals surface area (Å²) in [6.45, 7) is 4.98. The second-order valence-electron chi connectivity index (χ2n) is 2.82. The van der Waals surface area contributed by atoms with Crippen molar-refractivity contribution in [3.05, 3.63) is 42.5 Å². The standard InChI is InChI=1S/C7H8O.C3H6O3S/c1-6-4-2-3-5-7(6)8;1-2-3-7(4,5)6/h2-5,8H,1H3;2H,1,3H2,(H,4,5,6). The van der Waals surface area contributed by atoms with Crippen molar-refractivity contribution in [1.82, 2.24) is 0 Å². The summed E-state index contributed by atoms with van der Waals surface area (Å²) < 4.78 is 27.3. The van der Waals surface area contributed by atoms with Crippen LogP contribution in [-0.4, -0.2) is 23.8 Å². The lowest BCUT2D eigenvalue weighted by atomic mass is 10.2. The van der Waals surface area contributed by atoms with Crippen LogP contribution in [0.5, 0.6) is 5.75 Å². The Labute approximate surface area is 89.6 Å². The Morgan fingerprint density at radius 3 is 2.13 bits per heavy atom. The van der Waals surface area contributed by atoms with Gasteiger partial charge in [-0.05, 0) is 18.6 Å². The molecular formula is C10H14O4S. The second-order valence-corrected chi connectivity index (χ2v) is 4.32. The highest BCUT2D eigenvalue weighted by Crippen LogP contribution is 2.12. The average Bonchev–Trinajstić information content (AvgIpc) is 2.09. The fourth-order valence-electron chi connectivity index (χ4n) is 0.712. The summed E-state index contributed by atoms with van der Waals surface area (Å²) in [6, 6.07) is 7.25. The van der Waals surface area contributed by atoms with Crippen molar-refractivity contribution in [2.75, 3.05) is 5.75 Å². The summed E-state index contributed by atoms with van der Waals surface area (Å²) >= 11 is 0. The van der Waals surface area contributed by atoms with Crippen LogP contribution in [0, 0.1) is 6.92 Å². The molecule has 5 heteroatoms. The zero-order chi connectivity index (χ0) is 11.9. The van der Waals surface area contributed by atoms with E-state index in [1.807, 2.05) is 25.1 Å². The lowest BCUT2D eigenvalue weighted by Crippen LogP contribution is -1.99. The highest BCUT2D eigenvalue weighted by Gasteiger charge is 1.95. The van der Waals surface area contributed by atoms with Gasteiger partial charge >= 0.3 is 0 Å². The van der Waals surface area contributed by atoms with Crippen LogP contribution in [-0.2, 0) is 10.1 Å². The molecule has 0 radical (unpaired) electrons. The summed E-state index contributed by atoms with van der Waals surface area (Å²) in [6.07, 6.45) is 1.12. The molecule has 0 fully saturated rings. The Morgan fingerprint density at radius 1 is 1.40 bits per heavy atom. The van der Waals surface area contributed by atoms with Crippen molar-refractivity contribution in [3.63, 3.8) is 0 Å². The molecule has 0 amide bonds. The number of hydrogen-bond donors (Lipinski definition) is 2. The van der Waals surface area contributed by atoms with E-state index in [4.69, 9.17) is 9.66 Å². The van der Waals surface area contributed by atoms with Crippen LogP contribution in [0.4, 0.5) is 0 Å². The third kappa shape index (κ3) is 7.72. The molecule has 1 aromatic carbocycles. The van der Waals surface area contributed by atoms with Gasteiger partial charge in [0, 0.05) is 0 Å². The molecule has 0 aliphatic carbocycles. The number of phenolic OH excluding ortho intramolecular Hbond substituents is 1. The fourth-order valence-corrected chi connectivity index (χ4v) is 1.01. The van der Waals surface area contributed by atoms with Gasteiger partial charge < -0.3 is 5.11 Å². The van der Waals surface area contributed by atoms with Gasteiger partial charge in [0.05, 0.1) is 5.75 Å². The summed E-state index contributed by atoms with van der Waals surface area (Å²) in [5.41, 5.74) is 0.924. The van der Waals surface area contributed by atoms with Gasteiger partial charge in [0.2, 0.25) is 0 Å².